The van der Waals surface area contributed by atoms with Crippen LogP contribution in [0.5, 0.6) is 0 Å². The summed E-state index contributed by atoms with van der Waals surface area (Å²) in [6, 6.07) is 17.7. The Balaban J connectivity index is 0.917. The van der Waals surface area contributed by atoms with Gasteiger partial charge in [-0.05, 0) is 53.1 Å². The van der Waals surface area contributed by atoms with Crippen molar-refractivity contribution >= 4 is 53.9 Å². The number of aromatic nitrogens is 4. The molecule has 17 heteroatoms. The lowest BCUT2D eigenvalue weighted by Gasteiger charge is -2.37. The first kappa shape index (κ1) is 39.7. The molecule has 2 N–H and O–H groups in total. The molecule has 0 spiro atoms. The summed E-state index contributed by atoms with van der Waals surface area (Å²) < 4.78 is 21.2. The number of fused-ring (bicyclic) bond motifs is 3. The summed E-state index contributed by atoms with van der Waals surface area (Å²) in [6.45, 7) is 6.74. The second kappa shape index (κ2) is 16.0. The van der Waals surface area contributed by atoms with E-state index in [0.717, 1.165) is 74.7 Å². The van der Waals surface area contributed by atoms with Gasteiger partial charge in [0, 0.05) is 31.2 Å². The number of imidazole rings is 2. The van der Waals surface area contributed by atoms with Crippen LogP contribution in [0.4, 0.5) is 9.59 Å². The van der Waals surface area contributed by atoms with Crippen molar-refractivity contribution in [3.8, 4) is 22.4 Å². The summed E-state index contributed by atoms with van der Waals surface area (Å²) in [5.74, 6) is 1.17. The lowest BCUT2D eigenvalue weighted by atomic mass is 9.99. The Morgan fingerprint density at radius 1 is 0.733 bits per heavy atom. The molecule has 2 aromatic heterocycles. The van der Waals surface area contributed by atoms with E-state index in [9.17, 15) is 19.2 Å². The number of nitrogens with zero attached hydrogens (tertiary/aromatic N) is 6. The van der Waals surface area contributed by atoms with Gasteiger partial charge in [-0.2, -0.15) is 0 Å². The largest absolute Gasteiger partial charge is 0.453 e. The van der Waals surface area contributed by atoms with E-state index < -0.39 is 32.3 Å². The number of morpholine rings is 2. The minimum absolute atomic E-state index is 0.136. The quantitative estimate of drug-likeness (QED) is 0.208. The molecule has 314 valence electrons. The molecule has 0 saturated carbocycles. The number of likely N-dealkylation sites (tertiary alicyclic amines) is 1. The van der Waals surface area contributed by atoms with Crippen LogP contribution in [-0.2, 0) is 28.5 Å². The van der Waals surface area contributed by atoms with Crippen molar-refractivity contribution in [3.05, 3.63) is 72.4 Å². The second-order valence-corrected chi connectivity index (χ2v) is 21.9. The molecule has 4 aliphatic rings. The fraction of sp³-hybridized carbons (Fsp3) is 0.442. The number of ether oxygens (including phenoxy) is 4. The van der Waals surface area contributed by atoms with E-state index in [0.29, 0.717) is 39.0 Å². The number of hydrogen-bond acceptors (Lipinski definition) is 10. The Labute approximate surface area is 348 Å². The maximum Gasteiger partial charge on any atom is 0.410 e. The monoisotopic (exact) mass is 834 g/mol. The van der Waals surface area contributed by atoms with Gasteiger partial charge in [0.15, 0.2) is 0 Å². The highest BCUT2D eigenvalue weighted by atomic mass is 28.3. The van der Waals surface area contributed by atoms with Crippen LogP contribution in [-0.4, -0.2) is 150 Å². The molecule has 0 radical (unpaired) electrons. The van der Waals surface area contributed by atoms with Crippen LogP contribution in [0.1, 0.15) is 36.6 Å². The molecule has 16 nitrogen and oxygen atoms in total. The normalized spacial score (nSPS) is 23.1. The minimum Gasteiger partial charge on any atom is -0.453 e. The van der Waals surface area contributed by atoms with E-state index in [1.807, 2.05) is 22.1 Å². The molecule has 0 unspecified atom stereocenters. The van der Waals surface area contributed by atoms with Gasteiger partial charge in [0.25, 0.3) is 0 Å². The molecular weight excluding hydrogens is 785 g/mol. The van der Waals surface area contributed by atoms with Gasteiger partial charge in [-0.25, -0.2) is 19.6 Å². The molecule has 60 heavy (non-hydrogen) atoms. The van der Waals surface area contributed by atoms with Crippen molar-refractivity contribution in [1.82, 2.24) is 39.5 Å². The summed E-state index contributed by atoms with van der Waals surface area (Å²) in [5.41, 5.74) is 5.70. The second-order valence-electron chi connectivity index (χ2n) is 16.8. The Morgan fingerprint density at radius 2 is 1.38 bits per heavy atom. The minimum atomic E-state index is -1.78. The number of methoxy groups -OCH3 is 2. The third-order valence-electron chi connectivity index (χ3n) is 12.4. The van der Waals surface area contributed by atoms with E-state index >= 15 is 0 Å². The number of carbonyl (C=O) groups is 4. The fourth-order valence-electron chi connectivity index (χ4n) is 9.39. The number of nitrogens with one attached hydrogen (secondary N) is 2. The van der Waals surface area contributed by atoms with Gasteiger partial charge >= 0.3 is 12.2 Å². The lowest BCUT2D eigenvalue weighted by Crippen LogP contribution is -2.57. The molecule has 4 atom stereocenters. The molecule has 6 heterocycles. The topological polar surface area (TPSA) is 176 Å². The summed E-state index contributed by atoms with van der Waals surface area (Å²) in [7, 11) is 0.878. The summed E-state index contributed by atoms with van der Waals surface area (Å²) in [4.78, 5) is 76.3. The Kier molecular flexibility index (Phi) is 10.6. The smallest absolute Gasteiger partial charge is 0.410 e. The van der Waals surface area contributed by atoms with E-state index in [4.69, 9.17) is 28.9 Å². The maximum absolute atomic E-state index is 14.0. The summed E-state index contributed by atoms with van der Waals surface area (Å²) >= 11 is 0. The number of rotatable bonds is 6. The van der Waals surface area contributed by atoms with Crippen molar-refractivity contribution in [1.29, 1.82) is 0 Å². The average Bonchev–Trinajstić information content (AvgIpc) is 4.11. The van der Waals surface area contributed by atoms with E-state index in [-0.39, 0.29) is 37.1 Å². The highest BCUT2D eigenvalue weighted by Gasteiger charge is 2.47. The van der Waals surface area contributed by atoms with Crippen LogP contribution in [0.2, 0.25) is 19.1 Å². The molecule has 4 fully saturated rings. The molecule has 4 saturated heterocycles. The molecule has 4 aliphatic heterocycles. The van der Waals surface area contributed by atoms with Gasteiger partial charge in [-0.3, -0.25) is 19.4 Å². The third kappa shape index (κ3) is 7.27. The highest BCUT2D eigenvalue weighted by Crippen LogP contribution is 2.39. The first-order chi connectivity index (χ1) is 29.0. The number of aromatic amines is 2. The SMILES string of the molecule is COC(=O)N1CCOC[C@H]1C(=O)N1C[Si](C)(C)C[C@H]1c1ncc(-c2ccc(-c3ccc4c(ccc5nc([C@@H]6CCCN6C(=O)[C@@H]6COCCN6C(=O)OC)[nH]c54)c3)cc2)[nH]1. The van der Waals surface area contributed by atoms with Crippen molar-refractivity contribution in [3.63, 3.8) is 0 Å². The van der Waals surface area contributed by atoms with Crippen LogP contribution < -0.4 is 0 Å². The molecular formula is C43H50N8O8Si. The van der Waals surface area contributed by atoms with E-state index in [1.54, 1.807) is 0 Å². The van der Waals surface area contributed by atoms with Crippen molar-refractivity contribution in [2.45, 2.75) is 56.1 Å². The molecule has 5 aromatic rings. The van der Waals surface area contributed by atoms with Crippen LogP contribution in [0, 0.1) is 0 Å². The number of amides is 4. The highest BCUT2D eigenvalue weighted by molar-refractivity contribution is 6.78. The van der Waals surface area contributed by atoms with Crippen LogP contribution in [0.3, 0.4) is 0 Å². The molecule has 3 aromatic carbocycles. The number of hydrogen-bond donors (Lipinski definition) is 2. The van der Waals surface area contributed by atoms with Gasteiger partial charge in [0.05, 0.1) is 83.7 Å². The zero-order valence-electron chi connectivity index (χ0n) is 34.3. The van der Waals surface area contributed by atoms with Crippen molar-refractivity contribution < 1.29 is 38.1 Å². The van der Waals surface area contributed by atoms with Gasteiger partial charge in [-0.1, -0.05) is 55.6 Å². The van der Waals surface area contributed by atoms with Crippen molar-refractivity contribution in [2.24, 2.45) is 0 Å². The van der Waals surface area contributed by atoms with Gasteiger partial charge in [-0.15, -0.1) is 0 Å². The number of benzene rings is 3. The van der Waals surface area contributed by atoms with E-state index in [1.165, 1.54) is 24.0 Å². The molecule has 4 amide bonds. The van der Waals surface area contributed by atoms with Gasteiger partial charge < -0.3 is 38.7 Å². The fourth-order valence-corrected chi connectivity index (χ4v) is 12.3. The number of H-pyrrole nitrogens is 2. The zero-order valence-corrected chi connectivity index (χ0v) is 35.3. The Hall–Kier alpha value is -5.78. The van der Waals surface area contributed by atoms with E-state index in [2.05, 4.69) is 71.6 Å². The maximum atomic E-state index is 14.0. The average molecular weight is 835 g/mol. The van der Waals surface area contributed by atoms with Crippen LogP contribution in [0.15, 0.2) is 60.8 Å². The molecule has 0 bridgehead atoms. The zero-order chi connectivity index (χ0) is 41.7. The lowest BCUT2D eigenvalue weighted by molar-refractivity contribution is -0.143. The van der Waals surface area contributed by atoms with Crippen LogP contribution in [0.25, 0.3) is 44.2 Å². The van der Waals surface area contributed by atoms with Gasteiger partial charge in [0.1, 0.15) is 23.7 Å². The van der Waals surface area contributed by atoms with Crippen LogP contribution >= 0.6 is 0 Å². The Bertz CT molecular complexity index is 2450. The summed E-state index contributed by atoms with van der Waals surface area (Å²) in [6.07, 6.45) is 3.04. The first-order valence-electron chi connectivity index (χ1n) is 20.6. The third-order valence-corrected chi connectivity index (χ3v) is 15.1. The summed E-state index contributed by atoms with van der Waals surface area (Å²) in [5, 5.41) is 2.09. The molecule has 9 rings (SSSR count). The van der Waals surface area contributed by atoms with Gasteiger partial charge in [0.2, 0.25) is 11.8 Å². The molecule has 0 aliphatic carbocycles. The predicted molar refractivity (Wildman–Crippen MR) is 224 cm³/mol. The Morgan fingerprint density at radius 3 is 2.07 bits per heavy atom. The first-order valence-corrected chi connectivity index (χ1v) is 24.0. The number of carbonyl (C=O) groups excluding carboxylic acids is 4. The van der Waals surface area contributed by atoms with Crippen molar-refractivity contribution in [2.75, 3.05) is 66.4 Å². The predicted octanol–water partition coefficient (Wildman–Crippen LogP) is 5.50. The standard InChI is InChI=1S/C43H50N8O8Si/c1-56-42(54)49-16-18-58-22-34(49)40(52)48-15-5-6-33(48)39-45-31-14-12-29-20-28(11-13-30(29)37(31)47-39)26-7-9-27(10-8-26)32-21-44-38(46-32)36-24-60(3,4)25-51(36)41(53)35-23-59-19-17-50(35)43(55)57-2/h7-14,20-21,33-36H,5-6,15-19,22-25H2,1-4H3,(H,44,46)(H,45,47)/t33-,34-,35-,36-/m0/s1.